The summed E-state index contributed by atoms with van der Waals surface area (Å²) in [6.07, 6.45) is 12.9. The molecule has 0 aromatic heterocycles. The Labute approximate surface area is 138 Å². The Balaban J connectivity index is 1.99. The summed E-state index contributed by atoms with van der Waals surface area (Å²) >= 11 is 0. The summed E-state index contributed by atoms with van der Waals surface area (Å²) in [6, 6.07) is 0. The van der Waals surface area contributed by atoms with E-state index >= 15 is 0 Å². The fourth-order valence-electron chi connectivity index (χ4n) is 5.53. The molecule has 0 aromatic carbocycles. The lowest BCUT2D eigenvalue weighted by Crippen LogP contribution is -2.36. The number of rotatable bonds is 5. The number of aliphatic hydroxyl groups is 1. The van der Waals surface area contributed by atoms with Crippen molar-refractivity contribution in [3.05, 3.63) is 11.6 Å². The maximum Gasteiger partial charge on any atom is 0.0615 e. The fourth-order valence-corrected chi connectivity index (χ4v) is 5.53. The van der Waals surface area contributed by atoms with Gasteiger partial charge in [0, 0.05) is 0 Å². The average Bonchev–Trinajstić information content (AvgIpc) is 2.75. The van der Waals surface area contributed by atoms with Crippen molar-refractivity contribution in [2.45, 2.75) is 86.0 Å². The van der Waals surface area contributed by atoms with Crippen molar-refractivity contribution in [3.8, 4) is 0 Å². The highest BCUT2D eigenvalue weighted by molar-refractivity contribution is 5.18. The molecule has 0 heterocycles. The van der Waals surface area contributed by atoms with Crippen LogP contribution in [-0.2, 0) is 0 Å². The quantitative estimate of drug-likeness (QED) is 0.620. The first kappa shape index (κ1) is 18.0. The van der Waals surface area contributed by atoms with Crippen molar-refractivity contribution in [3.63, 3.8) is 0 Å². The number of aliphatic hydroxyl groups excluding tert-OH is 1. The standard InChI is InChI=1S/C21H38O/c1-16(8-6-13-20(2,3)4)18-10-11-19-17(12-15-22)9-7-14-21(18,19)5/h12,16,18-19,22H,6-11,13-15H2,1-5H3/b17-12+/t16-,18-,19+,21-/m1/s1. The second kappa shape index (κ2) is 7.07. The van der Waals surface area contributed by atoms with Crippen molar-refractivity contribution in [2.24, 2.45) is 28.6 Å². The van der Waals surface area contributed by atoms with Crippen LogP contribution in [-0.4, -0.2) is 11.7 Å². The van der Waals surface area contributed by atoms with Crippen molar-refractivity contribution in [2.75, 3.05) is 6.61 Å². The number of allylic oxidation sites excluding steroid dienone is 1. The molecule has 1 N–H and O–H groups in total. The molecule has 1 nitrogen and oxygen atoms in total. The van der Waals surface area contributed by atoms with Gasteiger partial charge in [0.05, 0.1) is 6.61 Å². The molecule has 1 heteroatoms. The largest absolute Gasteiger partial charge is 0.392 e. The van der Waals surface area contributed by atoms with Crippen molar-refractivity contribution in [1.82, 2.24) is 0 Å². The number of hydrogen-bond donors (Lipinski definition) is 1. The molecule has 0 spiro atoms. The van der Waals surface area contributed by atoms with Crippen LogP contribution < -0.4 is 0 Å². The van der Waals surface area contributed by atoms with E-state index in [-0.39, 0.29) is 6.61 Å². The molecule has 0 bridgehead atoms. The van der Waals surface area contributed by atoms with Crippen LogP contribution in [0.5, 0.6) is 0 Å². The molecule has 2 saturated carbocycles. The average molecular weight is 307 g/mol. The Morgan fingerprint density at radius 2 is 2.05 bits per heavy atom. The molecule has 0 saturated heterocycles. The van der Waals surface area contributed by atoms with E-state index in [0.29, 0.717) is 10.8 Å². The summed E-state index contributed by atoms with van der Waals surface area (Å²) in [5.74, 6) is 2.49. The first-order valence-electron chi connectivity index (χ1n) is 9.58. The lowest BCUT2D eigenvalue weighted by atomic mass is 9.60. The summed E-state index contributed by atoms with van der Waals surface area (Å²) < 4.78 is 0. The van der Waals surface area contributed by atoms with E-state index in [1.165, 1.54) is 51.4 Å². The highest BCUT2D eigenvalue weighted by Crippen LogP contribution is 2.59. The zero-order valence-electron chi connectivity index (χ0n) is 15.6. The summed E-state index contributed by atoms with van der Waals surface area (Å²) in [7, 11) is 0. The smallest absolute Gasteiger partial charge is 0.0615 e. The zero-order chi connectivity index (χ0) is 16.4. The minimum Gasteiger partial charge on any atom is -0.392 e. The second-order valence-electron chi connectivity index (χ2n) is 9.49. The lowest BCUT2D eigenvalue weighted by Gasteiger charge is -2.44. The van der Waals surface area contributed by atoms with Gasteiger partial charge < -0.3 is 5.11 Å². The van der Waals surface area contributed by atoms with E-state index in [4.69, 9.17) is 0 Å². The van der Waals surface area contributed by atoms with Crippen molar-refractivity contribution < 1.29 is 5.11 Å². The van der Waals surface area contributed by atoms with E-state index < -0.39 is 0 Å². The van der Waals surface area contributed by atoms with E-state index in [0.717, 1.165) is 17.8 Å². The molecule has 2 aliphatic rings. The molecular weight excluding hydrogens is 268 g/mol. The van der Waals surface area contributed by atoms with Crippen LogP contribution in [0.25, 0.3) is 0 Å². The third-order valence-corrected chi connectivity index (χ3v) is 6.66. The maximum atomic E-state index is 9.31. The Bertz CT molecular complexity index is 389. The van der Waals surface area contributed by atoms with Gasteiger partial charge in [-0.3, -0.25) is 0 Å². The van der Waals surface area contributed by atoms with Gasteiger partial charge in [0.1, 0.15) is 0 Å². The first-order valence-corrected chi connectivity index (χ1v) is 9.58. The Morgan fingerprint density at radius 3 is 2.68 bits per heavy atom. The van der Waals surface area contributed by atoms with E-state index in [9.17, 15) is 5.11 Å². The Kier molecular flexibility index (Phi) is 5.80. The third-order valence-electron chi connectivity index (χ3n) is 6.66. The van der Waals surface area contributed by atoms with Crippen LogP contribution in [0.1, 0.15) is 86.0 Å². The van der Waals surface area contributed by atoms with Crippen LogP contribution >= 0.6 is 0 Å². The predicted molar refractivity (Wildman–Crippen MR) is 95.8 cm³/mol. The van der Waals surface area contributed by atoms with Gasteiger partial charge in [-0.2, -0.15) is 0 Å². The second-order valence-corrected chi connectivity index (χ2v) is 9.49. The molecular formula is C21H38O. The van der Waals surface area contributed by atoms with Gasteiger partial charge in [-0.15, -0.1) is 0 Å². The maximum absolute atomic E-state index is 9.31. The van der Waals surface area contributed by atoms with Crippen LogP contribution in [0, 0.1) is 28.6 Å². The van der Waals surface area contributed by atoms with Crippen molar-refractivity contribution in [1.29, 1.82) is 0 Å². The van der Waals surface area contributed by atoms with Crippen LogP contribution in [0.3, 0.4) is 0 Å². The van der Waals surface area contributed by atoms with Crippen LogP contribution in [0.15, 0.2) is 11.6 Å². The van der Waals surface area contributed by atoms with Gasteiger partial charge in [-0.05, 0) is 67.1 Å². The molecule has 0 radical (unpaired) electrons. The molecule has 0 unspecified atom stereocenters. The van der Waals surface area contributed by atoms with Gasteiger partial charge in [-0.25, -0.2) is 0 Å². The lowest BCUT2D eigenvalue weighted by molar-refractivity contribution is 0.0915. The molecule has 22 heavy (non-hydrogen) atoms. The third kappa shape index (κ3) is 3.96. The number of hydrogen-bond acceptors (Lipinski definition) is 1. The predicted octanol–water partition coefficient (Wildman–Crippen LogP) is 5.97. The van der Waals surface area contributed by atoms with Crippen LogP contribution in [0.4, 0.5) is 0 Å². The van der Waals surface area contributed by atoms with Gasteiger partial charge in [-0.1, -0.05) is 59.1 Å². The molecule has 2 aliphatic carbocycles. The van der Waals surface area contributed by atoms with Gasteiger partial charge >= 0.3 is 0 Å². The minimum absolute atomic E-state index is 0.230. The van der Waals surface area contributed by atoms with Gasteiger partial charge in [0.25, 0.3) is 0 Å². The highest BCUT2D eigenvalue weighted by Gasteiger charge is 2.50. The Morgan fingerprint density at radius 1 is 1.32 bits per heavy atom. The summed E-state index contributed by atoms with van der Waals surface area (Å²) in [4.78, 5) is 0. The van der Waals surface area contributed by atoms with E-state index in [2.05, 4.69) is 40.7 Å². The fraction of sp³-hybridized carbons (Fsp3) is 0.905. The molecule has 0 aromatic rings. The van der Waals surface area contributed by atoms with E-state index in [1.807, 2.05) is 0 Å². The summed E-state index contributed by atoms with van der Waals surface area (Å²) in [6.45, 7) is 12.4. The monoisotopic (exact) mass is 306 g/mol. The van der Waals surface area contributed by atoms with Gasteiger partial charge in [0.2, 0.25) is 0 Å². The van der Waals surface area contributed by atoms with Crippen LogP contribution in [0.2, 0.25) is 0 Å². The first-order chi connectivity index (χ1) is 10.3. The minimum atomic E-state index is 0.230. The highest BCUT2D eigenvalue weighted by atomic mass is 16.2. The summed E-state index contributed by atoms with van der Waals surface area (Å²) in [5, 5.41) is 9.31. The SMILES string of the molecule is C[C@H](CCCC(C)(C)C)[C@H]1CC[C@H]2/C(=C/CO)CCC[C@]12C. The molecule has 4 atom stereocenters. The Hall–Kier alpha value is -0.300. The molecule has 2 fully saturated rings. The zero-order valence-corrected chi connectivity index (χ0v) is 15.6. The molecule has 0 amide bonds. The number of fused-ring (bicyclic) bond motifs is 1. The molecule has 128 valence electrons. The molecule has 0 aliphatic heterocycles. The molecule has 2 rings (SSSR count). The topological polar surface area (TPSA) is 20.2 Å². The van der Waals surface area contributed by atoms with Gasteiger partial charge in [0.15, 0.2) is 0 Å². The van der Waals surface area contributed by atoms with E-state index in [1.54, 1.807) is 5.57 Å². The summed E-state index contributed by atoms with van der Waals surface area (Å²) in [5.41, 5.74) is 2.55. The normalized spacial score (nSPS) is 35.6. The van der Waals surface area contributed by atoms with Crippen molar-refractivity contribution >= 4 is 0 Å².